The summed E-state index contributed by atoms with van der Waals surface area (Å²) in [6, 6.07) is 6.46. The number of hydrogen-bond acceptors (Lipinski definition) is 3. The molecule has 1 atom stereocenters. The smallest absolute Gasteiger partial charge is 0.305 e. The third kappa shape index (κ3) is 2.23. The lowest BCUT2D eigenvalue weighted by atomic mass is 9.85. The van der Waals surface area contributed by atoms with Crippen molar-refractivity contribution in [3.05, 3.63) is 34.9 Å². The number of carboxylic acid groups (broad SMARTS) is 1. The molecular weight excluding hydrogens is 254 g/mol. The van der Waals surface area contributed by atoms with Gasteiger partial charge in [0, 0.05) is 13.1 Å². The molecule has 1 aliphatic carbocycles. The van der Waals surface area contributed by atoms with Crippen molar-refractivity contribution in [1.82, 2.24) is 4.90 Å². The minimum Gasteiger partial charge on any atom is -0.481 e. The summed E-state index contributed by atoms with van der Waals surface area (Å²) in [6.45, 7) is 5.11. The Morgan fingerprint density at radius 3 is 2.85 bits per heavy atom. The van der Waals surface area contributed by atoms with Crippen molar-refractivity contribution in [3.63, 3.8) is 0 Å². The first-order chi connectivity index (χ1) is 9.62. The summed E-state index contributed by atoms with van der Waals surface area (Å²) in [6.07, 6.45) is 2.06. The van der Waals surface area contributed by atoms with E-state index in [1.807, 2.05) is 0 Å². The number of ether oxygens (including phenoxy) is 1. The zero-order chi connectivity index (χ0) is 14.2. The third-order valence-electron chi connectivity index (χ3n) is 4.63. The normalized spacial score (nSPS) is 26.4. The van der Waals surface area contributed by atoms with Gasteiger partial charge in [0.2, 0.25) is 0 Å². The summed E-state index contributed by atoms with van der Waals surface area (Å²) in [4.78, 5) is 13.8. The van der Waals surface area contributed by atoms with Gasteiger partial charge in [-0.25, -0.2) is 0 Å². The molecule has 1 heterocycles. The number of fused-ring (bicyclic) bond motifs is 1. The summed E-state index contributed by atoms with van der Waals surface area (Å²) < 4.78 is 5.43. The topological polar surface area (TPSA) is 49.8 Å². The van der Waals surface area contributed by atoms with Crippen molar-refractivity contribution in [3.8, 4) is 0 Å². The van der Waals surface area contributed by atoms with Crippen LogP contribution in [0.3, 0.4) is 0 Å². The maximum atomic E-state index is 11.4. The molecule has 0 bridgehead atoms. The van der Waals surface area contributed by atoms with Crippen molar-refractivity contribution in [2.75, 3.05) is 26.3 Å². The molecule has 1 aromatic rings. The molecule has 20 heavy (non-hydrogen) atoms. The van der Waals surface area contributed by atoms with Crippen LogP contribution in [-0.4, -0.2) is 42.3 Å². The van der Waals surface area contributed by atoms with Gasteiger partial charge in [0.25, 0.3) is 0 Å². The van der Waals surface area contributed by atoms with Gasteiger partial charge < -0.3 is 9.84 Å². The second-order valence-corrected chi connectivity index (χ2v) is 5.86. The van der Waals surface area contributed by atoms with Gasteiger partial charge in [0.1, 0.15) is 0 Å². The molecule has 0 amide bonds. The molecule has 4 nitrogen and oxygen atoms in total. The first-order valence-corrected chi connectivity index (χ1v) is 7.26. The van der Waals surface area contributed by atoms with Crippen LogP contribution in [0.25, 0.3) is 0 Å². The van der Waals surface area contributed by atoms with Crippen molar-refractivity contribution in [2.24, 2.45) is 0 Å². The monoisotopic (exact) mass is 275 g/mol. The van der Waals surface area contributed by atoms with E-state index in [-0.39, 0.29) is 12.0 Å². The highest BCUT2D eigenvalue weighted by atomic mass is 16.5. The Kier molecular flexibility index (Phi) is 3.52. The van der Waals surface area contributed by atoms with Gasteiger partial charge in [-0.3, -0.25) is 9.69 Å². The molecule has 1 aliphatic heterocycles. The van der Waals surface area contributed by atoms with E-state index in [2.05, 4.69) is 30.0 Å². The predicted molar refractivity (Wildman–Crippen MR) is 75.8 cm³/mol. The number of carboxylic acids is 1. The molecule has 108 valence electrons. The minimum atomic E-state index is -0.717. The number of rotatable bonds is 3. The molecule has 1 aromatic carbocycles. The van der Waals surface area contributed by atoms with E-state index in [0.717, 1.165) is 25.9 Å². The standard InChI is InChI=1S/C16H21NO3/c1-12-2-3-13-4-5-16(11-15(18)19,14(13)10-12)17-6-8-20-9-7-17/h2-3,10H,4-9,11H2,1H3,(H,18,19). The van der Waals surface area contributed by atoms with Crippen molar-refractivity contribution in [2.45, 2.75) is 31.7 Å². The third-order valence-corrected chi connectivity index (χ3v) is 4.63. The van der Waals surface area contributed by atoms with Gasteiger partial charge in [-0.05, 0) is 30.9 Å². The fourth-order valence-electron chi connectivity index (χ4n) is 3.68. The fourth-order valence-corrected chi connectivity index (χ4v) is 3.68. The number of morpholine rings is 1. The number of hydrogen-bond donors (Lipinski definition) is 1. The Morgan fingerprint density at radius 2 is 2.15 bits per heavy atom. The Hall–Kier alpha value is -1.39. The fraction of sp³-hybridized carbons (Fsp3) is 0.562. The average molecular weight is 275 g/mol. The summed E-state index contributed by atoms with van der Waals surface area (Å²) in [5.74, 6) is -0.717. The highest BCUT2D eigenvalue weighted by molar-refractivity contribution is 5.69. The van der Waals surface area contributed by atoms with Gasteiger partial charge in [0.15, 0.2) is 0 Å². The molecule has 0 aromatic heterocycles. The molecule has 1 N–H and O–H groups in total. The van der Waals surface area contributed by atoms with Gasteiger partial charge in [-0.15, -0.1) is 0 Å². The lowest BCUT2D eigenvalue weighted by Gasteiger charge is -2.43. The molecule has 1 unspecified atom stereocenters. The second kappa shape index (κ2) is 5.19. The van der Waals surface area contributed by atoms with Gasteiger partial charge in [-0.1, -0.05) is 23.8 Å². The van der Waals surface area contributed by atoms with Gasteiger partial charge in [-0.2, -0.15) is 0 Å². The van der Waals surface area contributed by atoms with Crippen molar-refractivity contribution in [1.29, 1.82) is 0 Å². The summed E-state index contributed by atoms with van der Waals surface area (Å²) in [5, 5.41) is 9.41. The van der Waals surface area contributed by atoms with E-state index in [0.29, 0.717) is 13.2 Å². The highest BCUT2D eigenvalue weighted by Gasteiger charge is 2.45. The van der Waals surface area contributed by atoms with E-state index in [1.54, 1.807) is 0 Å². The van der Waals surface area contributed by atoms with Gasteiger partial charge >= 0.3 is 5.97 Å². The van der Waals surface area contributed by atoms with Crippen LogP contribution < -0.4 is 0 Å². The number of benzene rings is 1. The van der Waals surface area contributed by atoms with E-state index in [9.17, 15) is 9.90 Å². The molecule has 2 aliphatic rings. The molecule has 0 radical (unpaired) electrons. The first kappa shape index (κ1) is 13.6. The maximum absolute atomic E-state index is 11.4. The van der Waals surface area contributed by atoms with Gasteiger partial charge in [0.05, 0.1) is 25.2 Å². The van der Waals surface area contributed by atoms with Crippen LogP contribution in [0.1, 0.15) is 29.5 Å². The number of aliphatic carboxylic acids is 1. The van der Waals surface area contributed by atoms with Crippen LogP contribution in [-0.2, 0) is 21.5 Å². The predicted octanol–water partition coefficient (Wildman–Crippen LogP) is 1.94. The SMILES string of the molecule is Cc1ccc2c(c1)C(CC(=O)O)(N1CCOCC1)CC2. The zero-order valence-electron chi connectivity index (χ0n) is 11.9. The van der Waals surface area contributed by atoms with E-state index < -0.39 is 5.97 Å². The van der Waals surface area contributed by atoms with Crippen LogP contribution >= 0.6 is 0 Å². The van der Waals surface area contributed by atoms with Crippen LogP contribution in [0.4, 0.5) is 0 Å². The molecule has 1 saturated heterocycles. The highest BCUT2D eigenvalue weighted by Crippen LogP contribution is 2.45. The molecule has 1 fully saturated rings. The van der Waals surface area contributed by atoms with Crippen LogP contribution in [0.2, 0.25) is 0 Å². The molecule has 3 rings (SSSR count). The van der Waals surface area contributed by atoms with Crippen LogP contribution in [0.5, 0.6) is 0 Å². The van der Waals surface area contributed by atoms with E-state index in [1.165, 1.54) is 16.7 Å². The number of nitrogens with zero attached hydrogens (tertiary/aromatic N) is 1. The van der Waals surface area contributed by atoms with Crippen molar-refractivity contribution < 1.29 is 14.6 Å². The second-order valence-electron chi connectivity index (χ2n) is 5.86. The molecule has 0 spiro atoms. The van der Waals surface area contributed by atoms with Crippen LogP contribution in [0, 0.1) is 6.92 Å². The average Bonchev–Trinajstić information content (AvgIpc) is 2.79. The van der Waals surface area contributed by atoms with Crippen LogP contribution in [0.15, 0.2) is 18.2 Å². The summed E-state index contributed by atoms with van der Waals surface area (Å²) in [7, 11) is 0. The van der Waals surface area contributed by atoms with E-state index >= 15 is 0 Å². The Bertz CT molecular complexity index is 522. The zero-order valence-corrected chi connectivity index (χ0v) is 11.9. The Labute approximate surface area is 119 Å². The Balaban J connectivity index is 2.04. The lowest BCUT2D eigenvalue weighted by Crippen LogP contribution is -2.51. The number of aryl methyl sites for hydroxylation is 2. The van der Waals surface area contributed by atoms with Crippen molar-refractivity contribution >= 4 is 5.97 Å². The maximum Gasteiger partial charge on any atom is 0.305 e. The summed E-state index contributed by atoms with van der Waals surface area (Å²) >= 11 is 0. The molecular formula is C16H21NO3. The minimum absolute atomic E-state index is 0.184. The Morgan fingerprint density at radius 1 is 1.40 bits per heavy atom. The molecule has 0 saturated carbocycles. The quantitative estimate of drug-likeness (QED) is 0.916. The lowest BCUT2D eigenvalue weighted by molar-refractivity contribution is -0.142. The largest absolute Gasteiger partial charge is 0.481 e. The number of carbonyl (C=O) groups is 1. The first-order valence-electron chi connectivity index (χ1n) is 7.26. The molecule has 4 heteroatoms. The summed E-state index contributed by atoms with van der Waals surface area (Å²) in [5.41, 5.74) is 3.40. The van der Waals surface area contributed by atoms with E-state index in [4.69, 9.17) is 4.74 Å².